The van der Waals surface area contributed by atoms with Gasteiger partial charge < -0.3 is 0 Å². The summed E-state index contributed by atoms with van der Waals surface area (Å²) in [5.41, 5.74) is 6.14. The van der Waals surface area contributed by atoms with Gasteiger partial charge in [0.15, 0.2) is 0 Å². The van der Waals surface area contributed by atoms with Crippen LogP contribution in [0.1, 0.15) is 108 Å². The van der Waals surface area contributed by atoms with Crippen LogP contribution in [0.4, 0.5) is 0 Å². The summed E-state index contributed by atoms with van der Waals surface area (Å²) in [6, 6.07) is 7.16. The van der Waals surface area contributed by atoms with Crippen LogP contribution in [0.2, 0.25) is 0 Å². The van der Waals surface area contributed by atoms with Gasteiger partial charge >= 0.3 is 0 Å². The van der Waals surface area contributed by atoms with E-state index in [2.05, 4.69) is 51.3 Å². The lowest BCUT2D eigenvalue weighted by molar-refractivity contribution is 0.332. The van der Waals surface area contributed by atoms with Crippen molar-refractivity contribution in [2.24, 2.45) is 0 Å². The van der Waals surface area contributed by atoms with E-state index in [9.17, 15) is 0 Å². The van der Waals surface area contributed by atoms with Crippen LogP contribution in [0.5, 0.6) is 0 Å². The zero-order chi connectivity index (χ0) is 19.1. The number of hydrogen-bond acceptors (Lipinski definition) is 2. The topological polar surface area (TPSA) is 12.9 Å². The molecule has 146 valence electrons. The molecule has 1 saturated carbocycles. The van der Waals surface area contributed by atoms with Crippen molar-refractivity contribution in [1.29, 1.82) is 0 Å². The fourth-order valence-corrected chi connectivity index (χ4v) is 6.06. The third-order valence-electron chi connectivity index (χ3n) is 7.12. The van der Waals surface area contributed by atoms with Gasteiger partial charge in [0.2, 0.25) is 0 Å². The lowest BCUT2D eigenvalue weighted by atomic mass is 9.63. The minimum Gasteiger partial charge on any atom is -0.241 e. The molecule has 0 atom stereocenters. The summed E-state index contributed by atoms with van der Waals surface area (Å²) in [6.45, 7) is 9.62. The molecule has 0 spiro atoms. The Morgan fingerprint density at radius 1 is 0.852 bits per heavy atom. The van der Waals surface area contributed by atoms with Crippen molar-refractivity contribution < 1.29 is 0 Å². The van der Waals surface area contributed by atoms with Crippen LogP contribution >= 0.6 is 11.3 Å². The molecular formula is C25H35NS. The average molecular weight is 382 g/mol. The molecule has 0 aliphatic heterocycles. The van der Waals surface area contributed by atoms with Gasteiger partial charge in [-0.2, -0.15) is 0 Å². The van der Waals surface area contributed by atoms with Crippen molar-refractivity contribution in [3.05, 3.63) is 39.7 Å². The van der Waals surface area contributed by atoms with Crippen LogP contribution in [0.3, 0.4) is 0 Å². The van der Waals surface area contributed by atoms with Gasteiger partial charge in [-0.15, -0.1) is 11.3 Å². The highest BCUT2D eigenvalue weighted by atomic mass is 32.1. The molecule has 2 aliphatic rings. The lowest BCUT2D eigenvalue weighted by Gasteiger charge is -2.42. The van der Waals surface area contributed by atoms with Crippen LogP contribution in [0, 0.1) is 0 Å². The first-order valence-corrected chi connectivity index (χ1v) is 11.9. The molecule has 0 saturated heterocycles. The average Bonchev–Trinajstić information content (AvgIpc) is 3.08. The van der Waals surface area contributed by atoms with Crippen LogP contribution < -0.4 is 0 Å². The third-order valence-corrected chi connectivity index (χ3v) is 8.13. The number of aromatic nitrogens is 1. The second-order valence-electron chi connectivity index (χ2n) is 10.1. The van der Waals surface area contributed by atoms with Gasteiger partial charge in [-0.1, -0.05) is 71.9 Å². The molecule has 1 aromatic heterocycles. The number of benzene rings is 1. The summed E-state index contributed by atoms with van der Waals surface area (Å²) >= 11 is 1.89. The summed E-state index contributed by atoms with van der Waals surface area (Å²) in [5.74, 6) is 0.692. The van der Waals surface area contributed by atoms with Gasteiger partial charge in [-0.25, -0.2) is 4.98 Å². The molecule has 0 bridgehead atoms. The highest BCUT2D eigenvalue weighted by Crippen LogP contribution is 2.47. The van der Waals surface area contributed by atoms with Gasteiger partial charge in [-0.05, 0) is 53.7 Å². The van der Waals surface area contributed by atoms with Gasteiger partial charge in [0.25, 0.3) is 0 Å². The molecule has 4 rings (SSSR count). The van der Waals surface area contributed by atoms with E-state index in [1.54, 1.807) is 0 Å². The first kappa shape index (κ1) is 19.2. The minimum absolute atomic E-state index is 0.263. The lowest BCUT2D eigenvalue weighted by Crippen LogP contribution is -2.33. The van der Waals surface area contributed by atoms with Crippen molar-refractivity contribution in [1.82, 2.24) is 4.98 Å². The molecule has 0 N–H and O–H groups in total. The van der Waals surface area contributed by atoms with Crippen LogP contribution in [0.25, 0.3) is 11.3 Å². The Kier molecular flexibility index (Phi) is 5.22. The van der Waals surface area contributed by atoms with Crippen LogP contribution in [-0.4, -0.2) is 4.98 Å². The largest absolute Gasteiger partial charge is 0.241 e. The summed E-state index contributed by atoms with van der Waals surface area (Å²) in [6.07, 6.45) is 12.2. The molecule has 0 radical (unpaired) electrons. The maximum absolute atomic E-state index is 5.13. The molecular weight excluding hydrogens is 346 g/mol. The molecule has 27 heavy (non-hydrogen) atoms. The van der Waals surface area contributed by atoms with Crippen LogP contribution in [-0.2, 0) is 10.8 Å². The Morgan fingerprint density at radius 3 is 2.19 bits per heavy atom. The van der Waals surface area contributed by atoms with Crippen LogP contribution in [0.15, 0.2) is 23.6 Å². The Labute approximate surface area is 169 Å². The second kappa shape index (κ2) is 7.35. The minimum atomic E-state index is 0.263. The molecule has 0 unspecified atom stereocenters. The van der Waals surface area contributed by atoms with Crippen molar-refractivity contribution >= 4 is 11.3 Å². The highest BCUT2D eigenvalue weighted by Gasteiger charge is 2.37. The first-order valence-electron chi connectivity index (χ1n) is 11.0. The molecule has 1 aromatic carbocycles. The van der Waals surface area contributed by atoms with E-state index >= 15 is 0 Å². The fourth-order valence-electron chi connectivity index (χ4n) is 5.06. The fraction of sp³-hybridized carbons (Fsp3) is 0.640. The number of fused-ring (bicyclic) bond motifs is 1. The normalized spacial score (nSPS) is 22.7. The SMILES string of the molecule is CC1(C)CCC(C)(C)c2cc(-c3csc(C4CCCCCCC4)n3)ccc21. The van der Waals surface area contributed by atoms with E-state index in [1.165, 1.54) is 85.2 Å². The van der Waals surface area contributed by atoms with E-state index in [0.29, 0.717) is 5.92 Å². The maximum atomic E-state index is 5.13. The van der Waals surface area contributed by atoms with Gasteiger partial charge in [0, 0.05) is 16.9 Å². The Morgan fingerprint density at radius 2 is 1.48 bits per heavy atom. The molecule has 1 fully saturated rings. The standard InChI is InChI=1S/C25H35NS/c1-24(2)14-15-25(3,4)21-16-19(12-13-20(21)24)22-17-27-23(26-22)18-10-8-6-5-7-9-11-18/h12-13,16-18H,5-11,14-15H2,1-4H3. The summed E-state index contributed by atoms with van der Waals surface area (Å²) in [4.78, 5) is 5.13. The highest BCUT2D eigenvalue weighted by molar-refractivity contribution is 7.10. The molecule has 1 nitrogen and oxygen atoms in total. The van der Waals surface area contributed by atoms with E-state index < -0.39 is 0 Å². The van der Waals surface area contributed by atoms with Crippen molar-refractivity contribution in [3.63, 3.8) is 0 Å². The van der Waals surface area contributed by atoms with Crippen molar-refractivity contribution in [3.8, 4) is 11.3 Å². The van der Waals surface area contributed by atoms with E-state index in [0.717, 1.165) is 0 Å². The quantitative estimate of drug-likeness (QED) is 0.513. The smallest absolute Gasteiger partial charge is 0.0963 e. The zero-order valence-electron chi connectivity index (χ0n) is 17.6. The van der Waals surface area contributed by atoms with Crippen molar-refractivity contribution in [2.45, 2.75) is 102 Å². The van der Waals surface area contributed by atoms with E-state index in [1.807, 2.05) is 11.3 Å². The van der Waals surface area contributed by atoms with E-state index in [4.69, 9.17) is 4.98 Å². The second-order valence-corrected chi connectivity index (χ2v) is 11.0. The maximum Gasteiger partial charge on any atom is 0.0963 e. The predicted molar refractivity (Wildman–Crippen MR) is 118 cm³/mol. The van der Waals surface area contributed by atoms with E-state index in [-0.39, 0.29) is 10.8 Å². The van der Waals surface area contributed by atoms with Gasteiger partial charge in [0.05, 0.1) is 10.7 Å². The summed E-state index contributed by atoms with van der Waals surface area (Å²) in [5, 5.41) is 3.68. The molecule has 1 heterocycles. The number of rotatable bonds is 2. The first-order chi connectivity index (χ1) is 12.9. The number of thiazole rings is 1. The third kappa shape index (κ3) is 3.88. The monoisotopic (exact) mass is 381 g/mol. The predicted octanol–water partition coefficient (Wildman–Crippen LogP) is 7.99. The molecule has 2 aromatic rings. The van der Waals surface area contributed by atoms with Gasteiger partial charge in [0.1, 0.15) is 0 Å². The zero-order valence-corrected chi connectivity index (χ0v) is 18.4. The number of hydrogen-bond donors (Lipinski definition) is 0. The van der Waals surface area contributed by atoms with Gasteiger partial charge in [-0.3, -0.25) is 0 Å². The summed E-state index contributed by atoms with van der Waals surface area (Å²) < 4.78 is 0. The molecule has 2 aliphatic carbocycles. The Bertz CT molecular complexity index is 790. The molecule has 0 amide bonds. The van der Waals surface area contributed by atoms with Crippen molar-refractivity contribution in [2.75, 3.05) is 0 Å². The molecule has 2 heteroatoms. The number of nitrogens with zero attached hydrogens (tertiary/aromatic N) is 1. The Balaban J connectivity index is 1.64. The summed E-state index contributed by atoms with van der Waals surface area (Å²) in [7, 11) is 0. The Hall–Kier alpha value is -1.15.